The molecule has 3 fully saturated rings. The van der Waals surface area contributed by atoms with E-state index in [1.54, 1.807) is 0 Å². The molecule has 0 spiro atoms. The van der Waals surface area contributed by atoms with Gasteiger partial charge in [0.2, 0.25) is 11.8 Å². The molecule has 2 aromatic heterocycles. The number of terminal acetylenes is 1. The number of benzene rings is 2. The topological polar surface area (TPSA) is 127 Å². The number of amides is 1. The maximum absolute atomic E-state index is 17.0. The third-order valence-corrected chi connectivity index (χ3v) is 10.2. The molecule has 4 aromatic rings. The molecule has 8 rings (SSSR count). The summed E-state index contributed by atoms with van der Waals surface area (Å²) >= 11 is 0. The first-order valence-electron chi connectivity index (χ1n) is 15.7. The van der Waals surface area contributed by atoms with E-state index in [0.717, 1.165) is 19.4 Å². The van der Waals surface area contributed by atoms with E-state index in [0.29, 0.717) is 31.2 Å². The van der Waals surface area contributed by atoms with Crippen molar-refractivity contribution in [1.29, 1.82) is 0 Å². The summed E-state index contributed by atoms with van der Waals surface area (Å²) in [5, 5.41) is 11.3. The van der Waals surface area contributed by atoms with Crippen LogP contribution in [0.4, 0.5) is 19.0 Å². The van der Waals surface area contributed by atoms with Crippen LogP contribution in [0.3, 0.4) is 0 Å². The van der Waals surface area contributed by atoms with Crippen LogP contribution in [0.2, 0.25) is 0 Å². The lowest BCUT2D eigenvalue weighted by molar-refractivity contribution is -0.122. The van der Waals surface area contributed by atoms with Crippen LogP contribution in [0.25, 0.3) is 32.9 Å². The largest absolute Gasteiger partial charge is 0.508 e. The summed E-state index contributed by atoms with van der Waals surface area (Å²) in [6.07, 6.45) is 7.79. The number of hydrogen-bond acceptors (Lipinski definition) is 9. The van der Waals surface area contributed by atoms with E-state index in [4.69, 9.17) is 26.6 Å². The number of carbonyl (C=O) groups is 1. The molecule has 1 amide bonds. The number of phenols is 1. The minimum absolute atomic E-state index is 0.0229. The Morgan fingerprint density at radius 1 is 1.19 bits per heavy atom. The highest BCUT2D eigenvalue weighted by Gasteiger charge is 2.49. The number of aromatic nitrogens is 3. The van der Waals surface area contributed by atoms with Crippen molar-refractivity contribution in [1.82, 2.24) is 19.9 Å². The Labute approximate surface area is 267 Å². The maximum Gasteiger partial charge on any atom is 0.319 e. The van der Waals surface area contributed by atoms with Crippen LogP contribution in [-0.4, -0.2) is 81.5 Å². The fourth-order valence-electron chi connectivity index (χ4n) is 7.93. The van der Waals surface area contributed by atoms with Crippen LogP contribution >= 0.6 is 0 Å². The SMILES string of the molecule is C#Cc1c(F)ccc2cc(O)cc(-c3nc4c5c(nc(OC[C@@]67CCCN6C[C@H](F)C7)nc5c3F)N3CC(C(N)=O)CCC3CO4)c12. The van der Waals surface area contributed by atoms with E-state index >= 15 is 4.39 Å². The van der Waals surface area contributed by atoms with Crippen LogP contribution in [0.1, 0.15) is 37.7 Å². The molecular formula is C34H31F3N6O4. The molecule has 4 aliphatic heterocycles. The second kappa shape index (κ2) is 10.9. The van der Waals surface area contributed by atoms with Gasteiger partial charge in [-0.15, -0.1) is 6.42 Å². The molecule has 2 aromatic carbocycles. The minimum atomic E-state index is -0.971. The van der Waals surface area contributed by atoms with Gasteiger partial charge in [-0.1, -0.05) is 12.0 Å². The third-order valence-electron chi connectivity index (χ3n) is 10.2. The second-order valence-corrected chi connectivity index (χ2v) is 12.9. The van der Waals surface area contributed by atoms with Crippen LogP contribution in [0.15, 0.2) is 24.3 Å². The predicted octanol–water partition coefficient (Wildman–Crippen LogP) is 4.23. The molecule has 13 heteroatoms. The lowest BCUT2D eigenvalue weighted by Crippen LogP contribution is -2.49. The molecule has 6 heterocycles. The summed E-state index contributed by atoms with van der Waals surface area (Å²) in [5.74, 6) is -0.0738. The highest BCUT2D eigenvalue weighted by molar-refractivity contribution is 6.04. The van der Waals surface area contributed by atoms with Crippen molar-refractivity contribution < 1.29 is 32.5 Å². The van der Waals surface area contributed by atoms with Crippen molar-refractivity contribution in [2.75, 3.05) is 37.7 Å². The molecule has 0 aliphatic carbocycles. The summed E-state index contributed by atoms with van der Waals surface area (Å²) in [4.78, 5) is 30.0. The van der Waals surface area contributed by atoms with E-state index in [1.807, 2.05) is 4.90 Å². The van der Waals surface area contributed by atoms with Gasteiger partial charge >= 0.3 is 6.01 Å². The quantitative estimate of drug-likeness (QED) is 0.307. The lowest BCUT2D eigenvalue weighted by atomic mass is 9.92. The number of primary amides is 1. The molecule has 2 unspecified atom stereocenters. The van der Waals surface area contributed by atoms with Gasteiger partial charge < -0.3 is 25.2 Å². The number of rotatable bonds is 5. The summed E-state index contributed by atoms with van der Waals surface area (Å²) < 4.78 is 58.8. The Balaban J connectivity index is 1.33. The highest BCUT2D eigenvalue weighted by atomic mass is 19.1. The lowest BCUT2D eigenvalue weighted by Gasteiger charge is -2.38. The highest BCUT2D eigenvalue weighted by Crippen LogP contribution is 2.45. The number of anilines is 1. The number of piperidine rings is 1. The van der Waals surface area contributed by atoms with Crippen molar-refractivity contribution in [2.24, 2.45) is 11.7 Å². The van der Waals surface area contributed by atoms with Gasteiger partial charge in [-0.25, -0.2) is 18.2 Å². The van der Waals surface area contributed by atoms with Crippen molar-refractivity contribution in [3.05, 3.63) is 41.5 Å². The Morgan fingerprint density at radius 3 is 2.85 bits per heavy atom. The van der Waals surface area contributed by atoms with Gasteiger partial charge in [0.05, 0.1) is 23.1 Å². The molecule has 47 heavy (non-hydrogen) atoms. The van der Waals surface area contributed by atoms with Crippen LogP contribution in [0.5, 0.6) is 17.6 Å². The van der Waals surface area contributed by atoms with Crippen molar-refractivity contribution in [3.8, 4) is 41.2 Å². The van der Waals surface area contributed by atoms with E-state index in [9.17, 15) is 18.7 Å². The number of pyridine rings is 1. The number of hydrogen-bond donors (Lipinski definition) is 2. The number of ether oxygens (including phenoxy) is 2. The van der Waals surface area contributed by atoms with Gasteiger partial charge in [0, 0.05) is 30.5 Å². The predicted molar refractivity (Wildman–Crippen MR) is 167 cm³/mol. The number of nitrogens with zero attached hydrogens (tertiary/aromatic N) is 5. The molecular weight excluding hydrogens is 613 g/mol. The molecule has 3 saturated heterocycles. The monoisotopic (exact) mass is 644 g/mol. The Bertz CT molecular complexity index is 2020. The molecule has 3 N–H and O–H groups in total. The van der Waals surface area contributed by atoms with Crippen molar-refractivity contribution in [3.63, 3.8) is 0 Å². The fraction of sp³-hybridized carbons (Fsp3) is 0.412. The summed E-state index contributed by atoms with van der Waals surface area (Å²) in [7, 11) is 0. The van der Waals surface area contributed by atoms with Crippen LogP contribution in [-0.2, 0) is 4.79 Å². The summed E-state index contributed by atoms with van der Waals surface area (Å²) in [6.45, 7) is 1.57. The number of carbonyl (C=O) groups excluding carboxylic acids is 1. The second-order valence-electron chi connectivity index (χ2n) is 12.9. The zero-order valence-electron chi connectivity index (χ0n) is 25.3. The average Bonchev–Trinajstić information content (AvgIpc) is 3.53. The van der Waals surface area contributed by atoms with Gasteiger partial charge in [0.25, 0.3) is 0 Å². The number of nitrogens with two attached hydrogens (primary N) is 1. The van der Waals surface area contributed by atoms with E-state index in [-0.39, 0.29) is 82.4 Å². The summed E-state index contributed by atoms with van der Waals surface area (Å²) in [5.41, 5.74) is 4.68. The molecule has 0 radical (unpaired) electrons. The molecule has 4 aliphatic rings. The number of halogens is 3. The number of fused-ring (bicyclic) bond motifs is 4. The van der Waals surface area contributed by atoms with Gasteiger partial charge in [0.15, 0.2) is 5.82 Å². The van der Waals surface area contributed by atoms with Crippen LogP contribution < -0.4 is 20.1 Å². The van der Waals surface area contributed by atoms with Crippen molar-refractivity contribution >= 4 is 33.4 Å². The van der Waals surface area contributed by atoms with Crippen LogP contribution in [0, 0.1) is 29.9 Å². The number of phenolic OH excluding ortho intramolecular Hbond substituents is 1. The molecule has 0 saturated carbocycles. The molecule has 10 nitrogen and oxygen atoms in total. The van der Waals surface area contributed by atoms with Gasteiger partial charge in [-0.2, -0.15) is 9.97 Å². The van der Waals surface area contributed by atoms with Gasteiger partial charge in [0.1, 0.15) is 53.4 Å². The third kappa shape index (κ3) is 4.68. The normalized spacial score (nSPS) is 25.2. The van der Waals surface area contributed by atoms with E-state index in [1.165, 1.54) is 24.3 Å². The molecule has 4 atom stereocenters. The van der Waals surface area contributed by atoms with Gasteiger partial charge in [-0.3, -0.25) is 9.69 Å². The number of alkyl halides is 1. The van der Waals surface area contributed by atoms with Crippen molar-refractivity contribution in [2.45, 2.75) is 49.9 Å². The minimum Gasteiger partial charge on any atom is -0.508 e. The maximum atomic E-state index is 17.0. The zero-order valence-corrected chi connectivity index (χ0v) is 25.3. The molecule has 0 bridgehead atoms. The van der Waals surface area contributed by atoms with Gasteiger partial charge in [-0.05, 0) is 55.8 Å². The zero-order chi connectivity index (χ0) is 32.6. The Morgan fingerprint density at radius 2 is 2.04 bits per heavy atom. The van der Waals surface area contributed by atoms with E-state index in [2.05, 4.69) is 20.8 Å². The standard InChI is InChI=1S/C34H31F3N6O4/c1-2-22-24(36)7-5-17-10-21(44)11-23(25(17)22)28-27(37)29-26-31(43-13-18(30(38)45)4-6-20(43)15-46-32(26)39-28)41-33(40-29)47-16-34-8-3-9-42(34)14-19(35)12-34/h1,5,7,10-11,18-20,44H,3-4,6,8-9,12-16H2,(H2,38,45)/t18?,19-,20?,34+/m1/s1. The Kier molecular flexibility index (Phi) is 6.84. The Hall–Kier alpha value is -4.83. The number of aromatic hydroxyl groups is 1. The first-order valence-corrected chi connectivity index (χ1v) is 15.7. The molecule has 242 valence electrons. The fourth-order valence-corrected chi connectivity index (χ4v) is 7.93. The summed E-state index contributed by atoms with van der Waals surface area (Å²) in [6, 6.07) is 4.92. The van der Waals surface area contributed by atoms with E-state index < -0.39 is 35.2 Å². The first-order chi connectivity index (χ1) is 22.7. The first kappa shape index (κ1) is 29.6. The smallest absolute Gasteiger partial charge is 0.319 e. The average molecular weight is 645 g/mol.